The van der Waals surface area contributed by atoms with Gasteiger partial charge in [-0.2, -0.15) is 0 Å². The first-order valence-electron chi connectivity index (χ1n) is 9.33. The highest BCUT2D eigenvalue weighted by Gasteiger charge is 2.37. The molecule has 2 heterocycles. The quantitative estimate of drug-likeness (QED) is 0.461. The smallest absolute Gasteiger partial charge is 0.240 e. The Labute approximate surface area is 198 Å². The van der Waals surface area contributed by atoms with E-state index in [1.165, 1.54) is 11.3 Å². The van der Waals surface area contributed by atoms with Crippen LogP contribution in [0, 0.1) is 0 Å². The van der Waals surface area contributed by atoms with Crippen molar-refractivity contribution in [2.45, 2.75) is 12.0 Å². The molecular formula is C20H19Cl2N5O2S2. The van der Waals surface area contributed by atoms with Gasteiger partial charge in [-0.15, -0.1) is 22.0 Å². The van der Waals surface area contributed by atoms with Gasteiger partial charge < -0.3 is 15.4 Å². The predicted octanol–water partition coefficient (Wildman–Crippen LogP) is 5.29. The van der Waals surface area contributed by atoms with Crippen LogP contribution in [0.5, 0.6) is 5.75 Å². The molecule has 1 atom stereocenters. The normalized spacial score (nSPS) is 15.9. The van der Waals surface area contributed by atoms with Crippen LogP contribution < -0.4 is 20.3 Å². The summed E-state index contributed by atoms with van der Waals surface area (Å²) in [5.41, 5.74) is 2.96. The van der Waals surface area contributed by atoms with Crippen LogP contribution in [0.4, 0.5) is 16.5 Å². The molecule has 162 valence electrons. The first kappa shape index (κ1) is 22.0. The molecule has 1 fully saturated rings. The van der Waals surface area contributed by atoms with E-state index in [2.05, 4.69) is 20.8 Å². The molecule has 0 radical (unpaired) electrons. The fourth-order valence-corrected chi connectivity index (χ4v) is 5.66. The minimum atomic E-state index is -0.187. The Bertz CT molecular complexity index is 1110. The van der Waals surface area contributed by atoms with Gasteiger partial charge in [-0.1, -0.05) is 40.6 Å². The van der Waals surface area contributed by atoms with Gasteiger partial charge in [0.25, 0.3) is 0 Å². The molecule has 4 rings (SSSR count). The van der Waals surface area contributed by atoms with Crippen molar-refractivity contribution in [2.75, 3.05) is 35.4 Å². The molecule has 1 unspecified atom stereocenters. The molecule has 11 heteroatoms. The molecule has 0 spiro atoms. The Hall–Kier alpha value is -2.20. The maximum Gasteiger partial charge on any atom is 0.240 e. The van der Waals surface area contributed by atoms with Crippen LogP contribution in [0.3, 0.4) is 0 Å². The lowest BCUT2D eigenvalue weighted by Gasteiger charge is -2.23. The largest absolute Gasteiger partial charge is 0.485 e. The molecule has 1 aliphatic heterocycles. The summed E-state index contributed by atoms with van der Waals surface area (Å²) in [5.74, 6) is 0.892. The van der Waals surface area contributed by atoms with Gasteiger partial charge in [-0.05, 0) is 30.3 Å². The van der Waals surface area contributed by atoms with Crippen molar-refractivity contribution in [1.29, 1.82) is 0 Å². The molecular weight excluding hydrogens is 477 g/mol. The summed E-state index contributed by atoms with van der Waals surface area (Å²) >= 11 is 15.0. The van der Waals surface area contributed by atoms with Gasteiger partial charge in [0, 0.05) is 36.1 Å². The summed E-state index contributed by atoms with van der Waals surface area (Å²) < 4.78 is 5.75. The SMILES string of the molecule is CNc1ccc(C2SCC(=O)N2c2nnc(COc3ccc(Cl)cc3Cl)s2)c(NC)c1. The van der Waals surface area contributed by atoms with Gasteiger partial charge in [0.1, 0.15) is 17.7 Å². The zero-order valence-corrected chi connectivity index (χ0v) is 19.8. The second kappa shape index (κ2) is 9.52. The summed E-state index contributed by atoms with van der Waals surface area (Å²) in [4.78, 5) is 14.4. The average Bonchev–Trinajstić information content (AvgIpc) is 3.38. The number of carbonyl (C=O) groups excluding carboxylic acids is 1. The average molecular weight is 496 g/mol. The first-order valence-corrected chi connectivity index (χ1v) is 12.0. The van der Waals surface area contributed by atoms with E-state index in [1.807, 2.05) is 32.3 Å². The number of thioether (sulfide) groups is 1. The third kappa shape index (κ3) is 4.69. The number of carbonyl (C=O) groups is 1. The van der Waals surface area contributed by atoms with Crippen molar-refractivity contribution < 1.29 is 9.53 Å². The Morgan fingerprint density at radius 1 is 1.16 bits per heavy atom. The number of halogens is 2. The summed E-state index contributed by atoms with van der Waals surface area (Å²) in [6, 6.07) is 11.1. The monoisotopic (exact) mass is 495 g/mol. The van der Waals surface area contributed by atoms with Gasteiger partial charge >= 0.3 is 0 Å². The van der Waals surface area contributed by atoms with Crippen molar-refractivity contribution in [3.05, 3.63) is 57.0 Å². The Balaban J connectivity index is 1.54. The Morgan fingerprint density at radius 3 is 2.74 bits per heavy atom. The molecule has 1 amide bonds. The summed E-state index contributed by atoms with van der Waals surface area (Å²) in [5, 5.41) is 16.8. The third-order valence-corrected chi connectivity index (χ3v) is 7.27. The van der Waals surface area contributed by atoms with Crippen molar-refractivity contribution >= 4 is 68.7 Å². The van der Waals surface area contributed by atoms with Crippen molar-refractivity contribution in [3.8, 4) is 5.75 Å². The lowest BCUT2D eigenvalue weighted by molar-refractivity contribution is -0.115. The van der Waals surface area contributed by atoms with Crippen molar-refractivity contribution in [1.82, 2.24) is 10.2 Å². The van der Waals surface area contributed by atoms with Gasteiger partial charge in [0.15, 0.2) is 5.01 Å². The van der Waals surface area contributed by atoms with Crippen LogP contribution in [-0.4, -0.2) is 36.0 Å². The molecule has 2 N–H and O–H groups in total. The topological polar surface area (TPSA) is 79.4 Å². The van der Waals surface area contributed by atoms with Gasteiger partial charge in [-0.3, -0.25) is 9.69 Å². The molecule has 31 heavy (non-hydrogen) atoms. The van der Waals surface area contributed by atoms with Crippen LogP contribution in [-0.2, 0) is 11.4 Å². The second-order valence-corrected chi connectivity index (χ2v) is 9.52. The minimum Gasteiger partial charge on any atom is -0.485 e. The van der Waals surface area contributed by atoms with E-state index >= 15 is 0 Å². The van der Waals surface area contributed by atoms with Gasteiger partial charge in [-0.25, -0.2) is 0 Å². The molecule has 1 saturated heterocycles. The fraction of sp³-hybridized carbons (Fsp3) is 0.250. The molecule has 7 nitrogen and oxygen atoms in total. The maximum atomic E-state index is 12.7. The number of hydrogen-bond donors (Lipinski definition) is 2. The standard InChI is InChI=1S/C20H19Cl2N5O2S2/c1-23-12-4-5-13(15(8-12)24-2)19-27(18(28)10-30-19)20-26-25-17(31-20)9-29-16-6-3-11(21)7-14(16)22/h3-8,19,23-24H,9-10H2,1-2H3. The number of ether oxygens (including phenoxy) is 1. The zero-order valence-electron chi connectivity index (χ0n) is 16.7. The van der Waals surface area contributed by atoms with Gasteiger partial charge in [0.2, 0.25) is 11.0 Å². The van der Waals surface area contributed by atoms with Crippen LogP contribution in [0.1, 0.15) is 15.9 Å². The number of hydrogen-bond acceptors (Lipinski definition) is 8. The maximum absolute atomic E-state index is 12.7. The van der Waals surface area contributed by atoms with E-state index in [4.69, 9.17) is 27.9 Å². The number of nitrogens with zero attached hydrogens (tertiary/aromatic N) is 3. The summed E-state index contributed by atoms with van der Waals surface area (Å²) in [6.45, 7) is 0.192. The highest BCUT2D eigenvalue weighted by atomic mass is 35.5. The van der Waals surface area contributed by atoms with E-state index in [1.54, 1.807) is 34.9 Å². The third-order valence-electron chi connectivity index (χ3n) is 4.65. The van der Waals surface area contributed by atoms with Crippen molar-refractivity contribution in [3.63, 3.8) is 0 Å². The van der Waals surface area contributed by atoms with Gasteiger partial charge in [0.05, 0.1) is 10.8 Å². The lowest BCUT2D eigenvalue weighted by atomic mass is 10.1. The highest BCUT2D eigenvalue weighted by molar-refractivity contribution is 8.00. The molecule has 1 aromatic heterocycles. The number of aromatic nitrogens is 2. The number of rotatable bonds is 7. The molecule has 3 aromatic rings. The predicted molar refractivity (Wildman–Crippen MR) is 129 cm³/mol. The van der Waals surface area contributed by atoms with Crippen LogP contribution in [0.2, 0.25) is 10.0 Å². The number of anilines is 3. The zero-order chi connectivity index (χ0) is 22.0. The van der Waals surface area contributed by atoms with Crippen LogP contribution in [0.25, 0.3) is 0 Å². The van der Waals surface area contributed by atoms with E-state index in [0.29, 0.717) is 31.7 Å². The molecule has 0 aliphatic carbocycles. The lowest BCUT2D eigenvalue weighted by Crippen LogP contribution is -2.28. The Kier molecular flexibility index (Phi) is 6.76. The second-order valence-electron chi connectivity index (χ2n) is 6.57. The minimum absolute atomic E-state index is 0.000824. The highest BCUT2D eigenvalue weighted by Crippen LogP contribution is 2.45. The fourth-order valence-electron chi connectivity index (χ4n) is 3.14. The summed E-state index contributed by atoms with van der Waals surface area (Å²) in [6.07, 6.45) is 0. The first-order chi connectivity index (χ1) is 15.0. The number of amides is 1. The van der Waals surface area contributed by atoms with Crippen molar-refractivity contribution in [2.24, 2.45) is 0 Å². The number of nitrogens with one attached hydrogen (secondary N) is 2. The molecule has 0 saturated carbocycles. The Morgan fingerprint density at radius 2 is 2.00 bits per heavy atom. The van der Waals surface area contributed by atoms with E-state index in [-0.39, 0.29) is 17.9 Å². The summed E-state index contributed by atoms with van der Waals surface area (Å²) in [7, 11) is 3.74. The van der Waals surface area contributed by atoms with Crippen LogP contribution >= 0.6 is 46.3 Å². The van der Waals surface area contributed by atoms with E-state index in [9.17, 15) is 4.79 Å². The molecule has 1 aliphatic rings. The molecule has 0 bridgehead atoms. The van der Waals surface area contributed by atoms with Crippen LogP contribution in [0.15, 0.2) is 36.4 Å². The molecule has 2 aromatic carbocycles. The van der Waals surface area contributed by atoms with E-state index in [0.717, 1.165) is 16.9 Å². The number of benzene rings is 2. The van der Waals surface area contributed by atoms with E-state index < -0.39 is 0 Å².